The fraction of sp³-hybridized carbons (Fsp3) is 0.538. The molecule has 1 aromatic heterocycles. The second-order valence-electron chi connectivity index (χ2n) is 5.82. The van der Waals surface area contributed by atoms with Crippen LogP contribution in [0.1, 0.15) is 25.7 Å². The zero-order chi connectivity index (χ0) is 14.4. The summed E-state index contributed by atoms with van der Waals surface area (Å²) in [6.07, 6.45) is 4.02. The van der Waals surface area contributed by atoms with E-state index in [-0.39, 0.29) is 23.3 Å². The molecule has 22 heavy (non-hydrogen) atoms. The number of rotatable bonds is 3. The molecule has 2 aliphatic heterocycles. The molecule has 120 valence electrons. The summed E-state index contributed by atoms with van der Waals surface area (Å²) in [7, 11) is -3.55. The molecule has 0 saturated carbocycles. The molecule has 2 N–H and O–H groups in total. The molecule has 2 saturated heterocycles. The minimum atomic E-state index is -3.55. The highest BCUT2D eigenvalue weighted by Crippen LogP contribution is 2.28. The number of aromatic nitrogens is 2. The first-order valence-corrected chi connectivity index (χ1v) is 9.33. The molecule has 0 amide bonds. The molecule has 2 atom stereocenters. The monoisotopic (exact) mass is 360 g/mol. The smallest absolute Gasteiger partial charge is 0.243 e. The zero-order valence-corrected chi connectivity index (χ0v) is 14.2. The topological polar surface area (TPSA) is 84.0 Å². The molecule has 0 aliphatic carbocycles. The molecule has 0 radical (unpaired) electrons. The molecule has 4 rings (SSSR count). The number of fused-ring (bicyclic) bond motifs is 3. The Morgan fingerprint density at radius 1 is 1.18 bits per heavy atom. The van der Waals surface area contributed by atoms with Crippen LogP contribution in [-0.4, -0.2) is 35.3 Å². The third kappa shape index (κ3) is 2.85. The SMILES string of the molecule is Cl.O=S(=O)(NC1CC2CCC(C1)N2)c1cccc2nsnc12. The Hall–Kier alpha value is -0.800. The summed E-state index contributed by atoms with van der Waals surface area (Å²) in [6, 6.07) is 6.01. The molecule has 6 nitrogen and oxygen atoms in total. The van der Waals surface area contributed by atoms with Crippen LogP contribution < -0.4 is 10.0 Å². The van der Waals surface area contributed by atoms with Gasteiger partial charge in [-0.2, -0.15) is 8.75 Å². The summed E-state index contributed by atoms with van der Waals surface area (Å²) in [6.45, 7) is 0. The van der Waals surface area contributed by atoms with Gasteiger partial charge in [0.1, 0.15) is 15.9 Å². The van der Waals surface area contributed by atoms with Gasteiger partial charge in [-0.05, 0) is 37.8 Å². The number of halogens is 1. The molecular formula is C13H17ClN4O2S2. The molecule has 1 aromatic carbocycles. The lowest BCUT2D eigenvalue weighted by molar-refractivity contribution is 0.345. The van der Waals surface area contributed by atoms with Gasteiger partial charge >= 0.3 is 0 Å². The molecule has 2 fully saturated rings. The second-order valence-corrected chi connectivity index (χ2v) is 8.03. The van der Waals surface area contributed by atoms with E-state index in [0.717, 1.165) is 37.4 Å². The molecular weight excluding hydrogens is 344 g/mol. The van der Waals surface area contributed by atoms with Gasteiger partial charge in [-0.25, -0.2) is 13.1 Å². The van der Waals surface area contributed by atoms with Gasteiger partial charge in [0.05, 0.1) is 11.7 Å². The Bertz CT molecular complexity index is 767. The lowest BCUT2D eigenvalue weighted by atomic mass is 10.0. The van der Waals surface area contributed by atoms with Crippen LogP contribution in [-0.2, 0) is 10.0 Å². The molecule has 9 heteroatoms. The van der Waals surface area contributed by atoms with E-state index in [1.807, 2.05) is 0 Å². The molecule has 2 bridgehead atoms. The number of piperidine rings is 1. The predicted molar refractivity (Wildman–Crippen MR) is 88.0 cm³/mol. The summed E-state index contributed by atoms with van der Waals surface area (Å²) >= 11 is 1.04. The van der Waals surface area contributed by atoms with Crippen molar-refractivity contribution in [2.45, 2.75) is 48.7 Å². The number of nitrogens with zero attached hydrogens (tertiary/aromatic N) is 2. The fourth-order valence-corrected chi connectivity index (χ4v) is 5.46. The summed E-state index contributed by atoms with van der Waals surface area (Å²) in [5.74, 6) is 0. The summed E-state index contributed by atoms with van der Waals surface area (Å²) in [4.78, 5) is 0.236. The van der Waals surface area contributed by atoms with Crippen molar-refractivity contribution < 1.29 is 8.42 Å². The van der Waals surface area contributed by atoms with Crippen LogP contribution in [0, 0.1) is 0 Å². The van der Waals surface area contributed by atoms with E-state index >= 15 is 0 Å². The van der Waals surface area contributed by atoms with E-state index in [0.29, 0.717) is 23.1 Å². The van der Waals surface area contributed by atoms with Gasteiger partial charge in [-0.1, -0.05) is 6.07 Å². The predicted octanol–water partition coefficient (Wildman–Crippen LogP) is 1.67. The lowest BCUT2D eigenvalue weighted by Gasteiger charge is -2.29. The Balaban J connectivity index is 0.00000144. The van der Waals surface area contributed by atoms with Gasteiger partial charge in [-0.15, -0.1) is 12.4 Å². The van der Waals surface area contributed by atoms with Crippen LogP contribution in [0.25, 0.3) is 11.0 Å². The molecule has 2 aromatic rings. The van der Waals surface area contributed by atoms with E-state index in [2.05, 4.69) is 18.8 Å². The minimum absolute atomic E-state index is 0. The maximum Gasteiger partial charge on any atom is 0.243 e. The summed E-state index contributed by atoms with van der Waals surface area (Å²) in [5, 5.41) is 3.52. The maximum absolute atomic E-state index is 12.7. The molecule has 3 heterocycles. The van der Waals surface area contributed by atoms with Crippen LogP contribution in [0.4, 0.5) is 0 Å². The van der Waals surface area contributed by atoms with Crippen LogP contribution in [0.2, 0.25) is 0 Å². The first-order valence-electron chi connectivity index (χ1n) is 7.11. The van der Waals surface area contributed by atoms with Crippen molar-refractivity contribution in [2.75, 3.05) is 0 Å². The first kappa shape index (κ1) is 16.1. The van der Waals surface area contributed by atoms with Crippen molar-refractivity contribution in [2.24, 2.45) is 0 Å². The Morgan fingerprint density at radius 3 is 2.64 bits per heavy atom. The minimum Gasteiger partial charge on any atom is -0.311 e. The highest BCUT2D eigenvalue weighted by Gasteiger charge is 2.35. The van der Waals surface area contributed by atoms with E-state index in [1.54, 1.807) is 18.2 Å². The summed E-state index contributed by atoms with van der Waals surface area (Å²) in [5.41, 5.74) is 1.10. The number of sulfonamides is 1. The van der Waals surface area contributed by atoms with Crippen molar-refractivity contribution in [1.82, 2.24) is 18.8 Å². The van der Waals surface area contributed by atoms with Crippen LogP contribution >= 0.6 is 24.1 Å². The van der Waals surface area contributed by atoms with E-state index < -0.39 is 10.0 Å². The third-order valence-corrected chi connectivity index (χ3v) is 6.43. The van der Waals surface area contributed by atoms with Gasteiger partial charge < -0.3 is 5.32 Å². The number of benzene rings is 1. The average molecular weight is 361 g/mol. The van der Waals surface area contributed by atoms with Crippen molar-refractivity contribution in [3.63, 3.8) is 0 Å². The number of hydrogen-bond acceptors (Lipinski definition) is 6. The highest BCUT2D eigenvalue weighted by atomic mass is 35.5. The van der Waals surface area contributed by atoms with Gasteiger partial charge in [0.25, 0.3) is 0 Å². The maximum atomic E-state index is 12.7. The van der Waals surface area contributed by atoms with Crippen molar-refractivity contribution >= 4 is 45.2 Å². The first-order chi connectivity index (χ1) is 10.1. The fourth-order valence-electron chi connectivity index (χ4n) is 3.43. The highest BCUT2D eigenvalue weighted by molar-refractivity contribution is 7.89. The molecule has 2 unspecified atom stereocenters. The van der Waals surface area contributed by atoms with Crippen LogP contribution in [0.5, 0.6) is 0 Å². The van der Waals surface area contributed by atoms with E-state index in [1.165, 1.54) is 0 Å². The number of nitrogens with one attached hydrogen (secondary N) is 2. The summed E-state index contributed by atoms with van der Waals surface area (Å²) < 4.78 is 36.4. The van der Waals surface area contributed by atoms with E-state index in [9.17, 15) is 8.42 Å². The van der Waals surface area contributed by atoms with Gasteiger partial charge in [0.2, 0.25) is 10.0 Å². The van der Waals surface area contributed by atoms with Crippen LogP contribution in [0.15, 0.2) is 23.1 Å². The second kappa shape index (κ2) is 6.01. The normalized spacial score (nSPS) is 27.7. The van der Waals surface area contributed by atoms with Crippen molar-refractivity contribution in [3.8, 4) is 0 Å². The van der Waals surface area contributed by atoms with Gasteiger partial charge in [-0.3, -0.25) is 0 Å². The lowest BCUT2D eigenvalue weighted by Crippen LogP contribution is -2.47. The van der Waals surface area contributed by atoms with Gasteiger partial charge in [0.15, 0.2) is 0 Å². The largest absolute Gasteiger partial charge is 0.311 e. The standard InChI is InChI=1S/C13H16N4O2S2.ClH/c18-21(19,12-3-1-2-11-13(12)16-20-15-11)17-10-6-8-4-5-9(7-10)14-8;/h1-3,8-10,14,17H,4-7H2;1H. The van der Waals surface area contributed by atoms with Gasteiger partial charge in [0, 0.05) is 18.1 Å². The Kier molecular flexibility index (Phi) is 4.39. The van der Waals surface area contributed by atoms with Crippen molar-refractivity contribution in [1.29, 1.82) is 0 Å². The number of hydrogen-bond donors (Lipinski definition) is 2. The Labute approximate surface area is 139 Å². The molecule has 0 spiro atoms. The Morgan fingerprint density at radius 2 is 1.91 bits per heavy atom. The quantitative estimate of drug-likeness (QED) is 0.869. The third-order valence-electron chi connectivity index (χ3n) is 4.33. The molecule has 2 aliphatic rings. The van der Waals surface area contributed by atoms with Crippen LogP contribution in [0.3, 0.4) is 0 Å². The van der Waals surface area contributed by atoms with Crippen molar-refractivity contribution in [3.05, 3.63) is 18.2 Å². The van der Waals surface area contributed by atoms with E-state index in [4.69, 9.17) is 0 Å². The zero-order valence-electron chi connectivity index (χ0n) is 11.7. The average Bonchev–Trinajstić information content (AvgIpc) is 3.04.